The molecule has 0 saturated carbocycles. The average Bonchev–Trinajstić information content (AvgIpc) is 0.835. The molecule has 11 aromatic carbocycles. The minimum absolute atomic E-state index is 0. The number of rotatable bonds is 11. The van der Waals surface area contributed by atoms with Crippen LogP contribution in [0.25, 0.3) is 22.0 Å². The maximum atomic E-state index is 10.4. The summed E-state index contributed by atoms with van der Waals surface area (Å²) in [6.07, 6.45) is 10.1. The van der Waals surface area contributed by atoms with Crippen LogP contribution in [-0.4, -0.2) is 61.6 Å². The molecule has 0 radical (unpaired) electrons. The largest absolute Gasteiger partial charge is 2.00 e. The number of aromatic hydroxyl groups is 5. The number of pyridine rings is 1. The summed E-state index contributed by atoms with van der Waals surface area (Å²) >= 11 is -7.67. The van der Waals surface area contributed by atoms with Crippen LogP contribution in [0.3, 0.4) is 0 Å². The summed E-state index contributed by atoms with van der Waals surface area (Å²) in [5, 5.41) is 50.2. The zero-order chi connectivity index (χ0) is 75.2. The van der Waals surface area contributed by atoms with E-state index in [0.29, 0.717) is 22.6 Å². The van der Waals surface area contributed by atoms with Gasteiger partial charge in [0.1, 0.15) is 28.7 Å². The molecule has 0 aliphatic rings. The van der Waals surface area contributed by atoms with E-state index in [9.17, 15) is 25.5 Å². The minimum atomic E-state index is -1.92. The van der Waals surface area contributed by atoms with Crippen molar-refractivity contribution in [2.75, 3.05) is 0 Å². The van der Waals surface area contributed by atoms with E-state index in [1.165, 1.54) is 0 Å². The Labute approximate surface area is 707 Å². The van der Waals surface area contributed by atoms with Crippen LogP contribution in [0.4, 0.5) is 28.4 Å². The number of phenols is 5. The minimum Gasteiger partial charge on any atom is 2.00 e. The first-order chi connectivity index (χ1) is 49.5. The van der Waals surface area contributed by atoms with Gasteiger partial charge in [-0.1, -0.05) is 182 Å². The van der Waals surface area contributed by atoms with Crippen LogP contribution in [0.5, 0.6) is 28.7 Å². The van der Waals surface area contributed by atoms with Crippen LogP contribution in [0.1, 0.15) is 38.9 Å². The number of fused-ring (bicyclic) bond motifs is 1. The Kier molecular flexibility index (Phi) is 55.3. The first kappa shape index (κ1) is 99.2. The van der Waals surface area contributed by atoms with Crippen molar-refractivity contribution in [3.63, 3.8) is 0 Å². The standard InChI is InChI=1S/C19H15NO.C16H12N2O.2C14H13NO.C13H11NO.2CH3.12ClH.5Ti/c21-19-16(14-20-17-11-5-2-6-12-17)10-7-13-18(19)15-8-3-1-4-9-15;19-15-9-2-1-5-13(15)11-18-14-8-3-6-12-7-4-10-17-16(12)14;2*1-11-6-5-7-12(14(11)16)10-15-13-8-3-2-4-9-13;15-13-9-5-4-6-11(13)10-14-12-7-2-1-3-8-12;;;;;;;;;;;;;;;;;;;/h1-14,21H;1-11,19H;2*2-10,16H,1H3;1-10,15H;2*1H3;12*1H;;;;;/q;;;;;2*-1;;;;;;;;;;;;;+2;4*+3/p-12. The Morgan fingerprint density at radius 3 is 0.925 bits per heavy atom. The molecule has 0 aliphatic heterocycles. The smallest absolute Gasteiger partial charge is 2.00 e. The molecule has 546 valence electrons. The van der Waals surface area contributed by atoms with Gasteiger partial charge >= 0.3 is 192 Å². The number of hydrogen-bond donors (Lipinski definition) is 5. The van der Waals surface area contributed by atoms with Crippen LogP contribution in [0, 0.1) is 28.7 Å². The molecule has 0 spiro atoms. The van der Waals surface area contributed by atoms with Gasteiger partial charge in [-0.3, -0.25) is 29.9 Å². The summed E-state index contributed by atoms with van der Waals surface area (Å²) in [5.41, 5.74) is 12.3. The van der Waals surface area contributed by atoms with Gasteiger partial charge in [-0.05, 0) is 134 Å². The van der Waals surface area contributed by atoms with E-state index in [-0.39, 0.29) is 53.8 Å². The zero-order valence-electron chi connectivity index (χ0n) is 57.1. The Bertz CT molecular complexity index is 4400. The summed E-state index contributed by atoms with van der Waals surface area (Å²) in [4.78, 5) is 26.0. The molecule has 0 bridgehead atoms. The second-order valence-electron chi connectivity index (χ2n) is 20.1. The van der Waals surface area contributed by atoms with E-state index in [1.54, 1.807) is 61.5 Å². The molecule has 0 amide bonds. The molecule has 0 saturated heterocycles. The third-order valence-corrected chi connectivity index (χ3v) is 13.0. The van der Waals surface area contributed by atoms with Crippen molar-refractivity contribution in [2.45, 2.75) is 13.8 Å². The molecule has 11 nitrogen and oxygen atoms in total. The second-order valence-corrected chi connectivity index (χ2v) is 51.0. The molecule has 28 heteroatoms. The first-order valence-corrected chi connectivity index (χ1v) is 55.9. The van der Waals surface area contributed by atoms with Gasteiger partial charge in [0.05, 0.1) is 34.0 Å². The maximum absolute atomic E-state index is 10.4. The molecule has 5 N–H and O–H groups in total. The number of aliphatic imine (C=N–C) groups is 5. The number of aryl methyl sites for hydroxylation is 2. The molecule has 12 aromatic rings. The van der Waals surface area contributed by atoms with E-state index in [2.05, 4.69) is 29.9 Å². The van der Waals surface area contributed by atoms with Crippen LogP contribution in [0.15, 0.2) is 316 Å². The Morgan fingerprint density at radius 2 is 0.566 bits per heavy atom. The predicted molar refractivity (Wildman–Crippen MR) is 442 cm³/mol. The van der Waals surface area contributed by atoms with Crippen LogP contribution in [-0.2, 0) is 80.5 Å². The van der Waals surface area contributed by atoms with Crippen LogP contribution >= 0.6 is 112 Å². The molecule has 0 unspecified atom stereocenters. The van der Waals surface area contributed by atoms with E-state index < -0.39 is 58.8 Å². The van der Waals surface area contributed by atoms with Crippen molar-refractivity contribution in [3.8, 4) is 39.9 Å². The topological polar surface area (TPSA) is 176 Å². The maximum Gasteiger partial charge on any atom is 2.00 e. The number of hydrogen-bond acceptors (Lipinski definition) is 11. The van der Waals surface area contributed by atoms with E-state index >= 15 is 0 Å². The molecule has 1 heterocycles. The van der Waals surface area contributed by atoms with Gasteiger partial charge in [-0.25, -0.2) is 0 Å². The van der Waals surface area contributed by atoms with E-state index in [1.807, 2.05) is 275 Å². The second kappa shape index (κ2) is 59.1. The Morgan fingerprint density at radius 1 is 0.292 bits per heavy atom. The van der Waals surface area contributed by atoms with Crippen molar-refractivity contribution in [3.05, 3.63) is 345 Å². The number of para-hydroxylation sites is 10. The Balaban J connectivity index is 0.000000627. The zero-order valence-corrected chi connectivity index (χ0v) is 73.9. The molecule has 0 atom stereocenters. The molecular formula is C78H70Cl12N6O5Ti5. The fourth-order valence-electron chi connectivity index (χ4n) is 8.25. The average molecular weight is 1840 g/mol. The molecule has 12 rings (SSSR count). The van der Waals surface area contributed by atoms with E-state index in [0.717, 1.165) is 78.3 Å². The van der Waals surface area contributed by atoms with Crippen LogP contribution in [0.2, 0.25) is 0 Å². The van der Waals surface area contributed by atoms with Gasteiger partial charge in [0, 0.05) is 76.0 Å². The quantitative estimate of drug-likeness (QED) is 0.0489. The molecule has 1 aromatic heterocycles. The third-order valence-electron chi connectivity index (χ3n) is 13.0. The first-order valence-electron chi connectivity index (χ1n) is 30.1. The molecule has 106 heavy (non-hydrogen) atoms. The van der Waals surface area contributed by atoms with Crippen molar-refractivity contribution in [1.82, 2.24) is 4.98 Å². The van der Waals surface area contributed by atoms with Crippen molar-refractivity contribution in [1.29, 1.82) is 0 Å². The van der Waals surface area contributed by atoms with Gasteiger partial charge in [0.2, 0.25) is 0 Å². The fourth-order valence-corrected chi connectivity index (χ4v) is 8.25. The SMILES string of the molecule is Cc1cccc(C=Nc2ccccc2)c1O.Cc1cccc(C=Nc2ccccc2)c1O.Oc1c(C=Nc2ccccc2)cccc1-c1ccccc1.Oc1ccccc1C=Nc1cccc2cccnc12.Oc1ccccc1C=Nc1ccccc1.[CH3-].[CH3-].[Cl][Ti]([Cl])[Cl].[Cl][Ti]([Cl])[Cl].[Cl][Ti]([Cl])[Cl].[Cl][Ti]([Cl])[Cl].[Ti+2]. The Hall–Kier alpha value is -4.77. The predicted octanol–water partition coefficient (Wildman–Crippen LogP) is 27.7. The van der Waals surface area contributed by atoms with Gasteiger partial charge in [-0.2, -0.15) is 0 Å². The van der Waals surface area contributed by atoms with Crippen molar-refractivity contribution >= 4 is 182 Å². The number of aromatic nitrogens is 1. The summed E-state index contributed by atoms with van der Waals surface area (Å²) < 4.78 is 0. The van der Waals surface area contributed by atoms with Gasteiger partial charge in [0.15, 0.2) is 0 Å². The third kappa shape index (κ3) is 43.0. The molecule has 0 fully saturated rings. The van der Waals surface area contributed by atoms with E-state index in [4.69, 9.17) is 112 Å². The van der Waals surface area contributed by atoms with Crippen molar-refractivity contribution in [2.24, 2.45) is 25.0 Å². The summed E-state index contributed by atoms with van der Waals surface area (Å²) in [5.74, 6) is 1.31. The summed E-state index contributed by atoms with van der Waals surface area (Å²) in [6.45, 7) is 3.74. The number of phenolic OH excluding ortho intramolecular Hbond substituents is 5. The van der Waals surface area contributed by atoms with Gasteiger partial charge in [0.25, 0.3) is 0 Å². The molecular weight excluding hydrogens is 1770 g/mol. The molecule has 0 aliphatic carbocycles. The van der Waals surface area contributed by atoms with Gasteiger partial charge in [-0.15, -0.1) is 0 Å². The van der Waals surface area contributed by atoms with Crippen LogP contribution < -0.4 is 0 Å². The fraction of sp³-hybridized carbons (Fsp3) is 0.0256. The number of halogens is 12. The van der Waals surface area contributed by atoms with Crippen molar-refractivity contribution < 1.29 is 106 Å². The monoisotopic (exact) mass is 1830 g/mol. The summed E-state index contributed by atoms with van der Waals surface area (Å²) in [6, 6.07) is 89.3. The normalized spacial score (nSPS) is 9.94. The summed E-state index contributed by atoms with van der Waals surface area (Å²) in [7, 11) is 59.7. The van der Waals surface area contributed by atoms with Gasteiger partial charge < -0.3 is 40.4 Å². The number of nitrogens with zero attached hydrogens (tertiary/aromatic N) is 6. The number of benzene rings is 11.